The standard InChI is InChI=1S/C8H13N3O2S/c1-4-6-10-11-8(14-6)9-5(2)7(12)13-3/h5H,4H2,1-3H3,(H,9,11). The Morgan fingerprint density at radius 1 is 1.64 bits per heavy atom. The molecule has 0 saturated carbocycles. The van der Waals surface area contributed by atoms with Gasteiger partial charge in [-0.1, -0.05) is 18.3 Å². The predicted molar refractivity (Wildman–Crippen MR) is 54.4 cm³/mol. The van der Waals surface area contributed by atoms with Crippen LogP contribution in [0.15, 0.2) is 0 Å². The molecule has 1 heterocycles. The molecule has 0 aliphatic rings. The van der Waals surface area contributed by atoms with Crippen molar-refractivity contribution in [2.45, 2.75) is 26.3 Å². The van der Waals surface area contributed by atoms with Crippen molar-refractivity contribution in [3.8, 4) is 0 Å². The number of aromatic nitrogens is 2. The number of aryl methyl sites for hydroxylation is 1. The fraction of sp³-hybridized carbons (Fsp3) is 0.625. The third-order valence-electron chi connectivity index (χ3n) is 1.66. The predicted octanol–water partition coefficient (Wildman–Crippen LogP) is 1.07. The van der Waals surface area contributed by atoms with Crippen LogP contribution in [0.3, 0.4) is 0 Å². The summed E-state index contributed by atoms with van der Waals surface area (Å²) in [5.74, 6) is -0.307. The van der Waals surface area contributed by atoms with Crippen molar-refractivity contribution in [1.82, 2.24) is 10.2 Å². The summed E-state index contributed by atoms with van der Waals surface area (Å²) in [6, 6.07) is -0.391. The molecular formula is C8H13N3O2S. The normalized spacial score (nSPS) is 12.2. The second-order valence-electron chi connectivity index (χ2n) is 2.74. The van der Waals surface area contributed by atoms with E-state index in [1.165, 1.54) is 18.4 Å². The second kappa shape index (κ2) is 4.90. The Kier molecular flexibility index (Phi) is 3.82. The van der Waals surface area contributed by atoms with E-state index in [1.807, 2.05) is 6.92 Å². The zero-order valence-corrected chi connectivity index (χ0v) is 9.22. The number of carbonyl (C=O) groups is 1. The van der Waals surface area contributed by atoms with Gasteiger partial charge in [0.15, 0.2) is 0 Å². The van der Waals surface area contributed by atoms with Crippen LogP contribution in [-0.2, 0) is 16.0 Å². The quantitative estimate of drug-likeness (QED) is 0.761. The van der Waals surface area contributed by atoms with Crippen molar-refractivity contribution in [3.63, 3.8) is 0 Å². The molecule has 1 unspecified atom stereocenters. The van der Waals surface area contributed by atoms with E-state index in [0.29, 0.717) is 5.13 Å². The summed E-state index contributed by atoms with van der Waals surface area (Å²) >= 11 is 1.45. The molecule has 0 bridgehead atoms. The van der Waals surface area contributed by atoms with E-state index in [9.17, 15) is 4.79 Å². The first kappa shape index (κ1) is 10.9. The number of methoxy groups -OCH3 is 1. The first-order valence-electron chi connectivity index (χ1n) is 4.34. The summed E-state index contributed by atoms with van der Waals surface area (Å²) in [6.45, 7) is 3.73. The second-order valence-corrected chi connectivity index (χ2v) is 3.81. The Hall–Kier alpha value is -1.17. The van der Waals surface area contributed by atoms with Gasteiger partial charge in [0.05, 0.1) is 7.11 Å². The molecule has 14 heavy (non-hydrogen) atoms. The third-order valence-corrected chi connectivity index (χ3v) is 2.66. The van der Waals surface area contributed by atoms with Gasteiger partial charge in [-0.2, -0.15) is 0 Å². The minimum absolute atomic E-state index is 0.307. The number of nitrogens with zero attached hydrogens (tertiary/aromatic N) is 2. The number of hydrogen-bond acceptors (Lipinski definition) is 6. The Morgan fingerprint density at radius 2 is 2.36 bits per heavy atom. The van der Waals surface area contributed by atoms with E-state index in [1.54, 1.807) is 6.92 Å². The van der Waals surface area contributed by atoms with Crippen molar-refractivity contribution in [1.29, 1.82) is 0 Å². The zero-order valence-electron chi connectivity index (χ0n) is 8.40. The Labute approximate surface area is 86.5 Å². The molecule has 0 aromatic carbocycles. The maximum atomic E-state index is 11.1. The molecule has 1 aromatic rings. The molecular weight excluding hydrogens is 202 g/mol. The van der Waals surface area contributed by atoms with E-state index in [0.717, 1.165) is 11.4 Å². The fourth-order valence-corrected chi connectivity index (χ4v) is 1.64. The van der Waals surface area contributed by atoms with E-state index in [-0.39, 0.29) is 5.97 Å². The van der Waals surface area contributed by atoms with E-state index >= 15 is 0 Å². The number of ether oxygens (including phenoxy) is 1. The molecule has 1 atom stereocenters. The van der Waals surface area contributed by atoms with Crippen molar-refractivity contribution < 1.29 is 9.53 Å². The van der Waals surface area contributed by atoms with Gasteiger partial charge in [0.2, 0.25) is 5.13 Å². The summed E-state index contributed by atoms with van der Waals surface area (Å²) in [5.41, 5.74) is 0. The van der Waals surface area contributed by atoms with Gasteiger partial charge in [-0.15, -0.1) is 10.2 Å². The highest BCUT2D eigenvalue weighted by molar-refractivity contribution is 7.15. The molecule has 0 aliphatic carbocycles. The maximum absolute atomic E-state index is 11.1. The molecule has 1 aromatic heterocycles. The molecule has 0 spiro atoms. The molecule has 78 valence electrons. The number of esters is 1. The number of rotatable bonds is 4. The topological polar surface area (TPSA) is 64.1 Å². The van der Waals surface area contributed by atoms with Crippen molar-refractivity contribution in [3.05, 3.63) is 5.01 Å². The van der Waals surface area contributed by atoms with Crippen LogP contribution in [0.5, 0.6) is 0 Å². The maximum Gasteiger partial charge on any atom is 0.328 e. The summed E-state index contributed by atoms with van der Waals surface area (Å²) in [5, 5.41) is 12.3. The summed E-state index contributed by atoms with van der Waals surface area (Å²) in [4.78, 5) is 11.1. The molecule has 0 saturated heterocycles. The molecule has 0 fully saturated rings. The monoisotopic (exact) mass is 215 g/mol. The van der Waals surface area contributed by atoms with E-state index in [2.05, 4.69) is 20.3 Å². The summed E-state index contributed by atoms with van der Waals surface area (Å²) < 4.78 is 4.57. The highest BCUT2D eigenvalue weighted by Gasteiger charge is 2.14. The lowest BCUT2D eigenvalue weighted by molar-refractivity contribution is -0.141. The van der Waals surface area contributed by atoms with Crippen LogP contribution in [-0.4, -0.2) is 29.3 Å². The minimum atomic E-state index is -0.391. The Bertz CT molecular complexity index is 313. The molecule has 0 aliphatic heterocycles. The lowest BCUT2D eigenvalue weighted by Crippen LogP contribution is -2.27. The first-order chi connectivity index (χ1) is 6.67. The number of hydrogen-bond donors (Lipinski definition) is 1. The molecule has 0 radical (unpaired) electrons. The van der Waals surface area contributed by atoms with Crippen LogP contribution in [0.1, 0.15) is 18.9 Å². The molecule has 5 nitrogen and oxygen atoms in total. The van der Waals surface area contributed by atoms with E-state index in [4.69, 9.17) is 0 Å². The van der Waals surface area contributed by atoms with Crippen molar-refractivity contribution in [2.24, 2.45) is 0 Å². The lowest BCUT2D eigenvalue weighted by atomic mass is 10.3. The van der Waals surface area contributed by atoms with Crippen LogP contribution in [0, 0.1) is 0 Å². The number of anilines is 1. The fourth-order valence-electron chi connectivity index (χ4n) is 0.876. The summed E-state index contributed by atoms with van der Waals surface area (Å²) in [6.07, 6.45) is 0.853. The number of carbonyl (C=O) groups excluding carboxylic acids is 1. The van der Waals surface area contributed by atoms with Crippen LogP contribution in [0.25, 0.3) is 0 Å². The largest absolute Gasteiger partial charge is 0.467 e. The Balaban J connectivity index is 2.55. The third kappa shape index (κ3) is 2.66. The highest BCUT2D eigenvalue weighted by Crippen LogP contribution is 2.16. The first-order valence-corrected chi connectivity index (χ1v) is 5.15. The van der Waals surface area contributed by atoms with E-state index < -0.39 is 6.04 Å². The van der Waals surface area contributed by atoms with Crippen molar-refractivity contribution >= 4 is 22.4 Å². The van der Waals surface area contributed by atoms with Crippen LogP contribution >= 0.6 is 11.3 Å². The van der Waals surface area contributed by atoms with Gasteiger partial charge < -0.3 is 10.1 Å². The lowest BCUT2D eigenvalue weighted by Gasteiger charge is -2.08. The molecule has 1 rings (SSSR count). The average molecular weight is 215 g/mol. The smallest absolute Gasteiger partial charge is 0.328 e. The minimum Gasteiger partial charge on any atom is -0.467 e. The van der Waals surface area contributed by atoms with Crippen LogP contribution in [0.4, 0.5) is 5.13 Å². The highest BCUT2D eigenvalue weighted by atomic mass is 32.1. The molecule has 0 amide bonds. The van der Waals surface area contributed by atoms with Gasteiger partial charge in [-0.05, 0) is 13.3 Å². The van der Waals surface area contributed by atoms with Crippen LogP contribution in [0.2, 0.25) is 0 Å². The van der Waals surface area contributed by atoms with Crippen molar-refractivity contribution in [2.75, 3.05) is 12.4 Å². The average Bonchev–Trinajstić information content (AvgIpc) is 2.64. The molecule has 1 N–H and O–H groups in total. The van der Waals surface area contributed by atoms with Gasteiger partial charge in [-0.3, -0.25) is 0 Å². The van der Waals surface area contributed by atoms with Gasteiger partial charge in [0.1, 0.15) is 11.0 Å². The number of nitrogens with one attached hydrogen (secondary N) is 1. The van der Waals surface area contributed by atoms with Gasteiger partial charge in [-0.25, -0.2) is 4.79 Å². The molecule has 6 heteroatoms. The van der Waals surface area contributed by atoms with Gasteiger partial charge >= 0.3 is 5.97 Å². The SMILES string of the molecule is CCc1nnc(NC(C)C(=O)OC)s1. The zero-order chi connectivity index (χ0) is 10.6. The van der Waals surface area contributed by atoms with Gasteiger partial charge in [0.25, 0.3) is 0 Å². The Morgan fingerprint density at radius 3 is 2.86 bits per heavy atom. The summed E-state index contributed by atoms with van der Waals surface area (Å²) in [7, 11) is 1.36. The van der Waals surface area contributed by atoms with Gasteiger partial charge in [0, 0.05) is 0 Å². The van der Waals surface area contributed by atoms with Crippen LogP contribution < -0.4 is 5.32 Å².